The smallest absolute Gasteiger partial charge is 0.149 e. The van der Waals surface area contributed by atoms with Crippen LogP contribution in [0.4, 0.5) is 14.5 Å². The average Bonchev–Trinajstić information content (AvgIpc) is 2.74. The maximum atomic E-state index is 13.2. The molecule has 16 heavy (non-hydrogen) atoms. The van der Waals surface area contributed by atoms with Gasteiger partial charge < -0.3 is 5.32 Å². The number of thiazole rings is 1. The lowest BCUT2D eigenvalue weighted by Crippen LogP contribution is -2.06. The molecule has 0 fully saturated rings. The number of nitrogens with zero attached hydrogens (tertiary/aromatic N) is 1. The van der Waals surface area contributed by atoms with Gasteiger partial charge in [-0.2, -0.15) is 0 Å². The summed E-state index contributed by atoms with van der Waals surface area (Å²) in [5.74, 6) is -1.14. The van der Waals surface area contributed by atoms with E-state index in [0.717, 1.165) is 17.5 Å². The second-order valence-electron chi connectivity index (χ2n) is 3.23. The Morgan fingerprint density at radius 1 is 1.31 bits per heavy atom. The van der Waals surface area contributed by atoms with Crippen LogP contribution in [0, 0.1) is 11.6 Å². The molecule has 1 aromatic heterocycles. The van der Waals surface area contributed by atoms with Crippen molar-refractivity contribution in [2.45, 2.75) is 6.42 Å². The highest BCUT2D eigenvalue weighted by Gasteiger charge is 2.03. The van der Waals surface area contributed by atoms with Crippen LogP contribution in [0.15, 0.2) is 29.8 Å². The molecule has 2 nitrogen and oxygen atoms in total. The first-order valence-corrected chi connectivity index (χ1v) is 5.71. The molecule has 0 bridgehead atoms. The summed E-state index contributed by atoms with van der Waals surface area (Å²) < 4.78 is 25.8. The molecule has 0 spiro atoms. The SMILES string of the molecule is Fc1ccc(NCCc2nccs2)c(F)c1. The number of hydrogen-bond acceptors (Lipinski definition) is 3. The predicted molar refractivity (Wildman–Crippen MR) is 60.7 cm³/mol. The van der Waals surface area contributed by atoms with Crippen molar-refractivity contribution in [3.8, 4) is 0 Å². The van der Waals surface area contributed by atoms with Gasteiger partial charge in [-0.3, -0.25) is 0 Å². The van der Waals surface area contributed by atoms with Crippen molar-refractivity contribution in [2.75, 3.05) is 11.9 Å². The number of anilines is 1. The van der Waals surface area contributed by atoms with Gasteiger partial charge in [-0.1, -0.05) is 0 Å². The van der Waals surface area contributed by atoms with Gasteiger partial charge in [0.2, 0.25) is 0 Å². The molecule has 0 amide bonds. The number of halogens is 2. The number of nitrogens with one attached hydrogen (secondary N) is 1. The first kappa shape index (κ1) is 11.0. The van der Waals surface area contributed by atoms with Crippen molar-refractivity contribution < 1.29 is 8.78 Å². The second kappa shape index (κ2) is 5.03. The minimum absolute atomic E-state index is 0.318. The zero-order valence-corrected chi connectivity index (χ0v) is 9.23. The molecule has 0 atom stereocenters. The molecular weight excluding hydrogens is 230 g/mol. The Bertz CT molecular complexity index is 457. The number of hydrogen-bond donors (Lipinski definition) is 1. The van der Waals surface area contributed by atoms with Crippen molar-refractivity contribution in [1.29, 1.82) is 0 Å². The quantitative estimate of drug-likeness (QED) is 0.888. The van der Waals surface area contributed by atoms with Crippen molar-refractivity contribution in [3.63, 3.8) is 0 Å². The Labute approximate surface area is 96.0 Å². The van der Waals surface area contributed by atoms with Gasteiger partial charge in [0.05, 0.1) is 10.7 Å². The van der Waals surface area contributed by atoms with Crippen LogP contribution in [-0.4, -0.2) is 11.5 Å². The lowest BCUT2D eigenvalue weighted by atomic mass is 10.3. The third-order valence-corrected chi connectivity index (χ3v) is 2.91. The van der Waals surface area contributed by atoms with Crippen LogP contribution in [0.2, 0.25) is 0 Å². The van der Waals surface area contributed by atoms with Gasteiger partial charge in [0.1, 0.15) is 11.6 Å². The maximum Gasteiger partial charge on any atom is 0.149 e. The largest absolute Gasteiger partial charge is 0.382 e. The Hall–Kier alpha value is -1.49. The summed E-state index contributed by atoms with van der Waals surface area (Å²) in [6.07, 6.45) is 2.47. The lowest BCUT2D eigenvalue weighted by molar-refractivity contribution is 0.585. The van der Waals surface area contributed by atoms with Gasteiger partial charge >= 0.3 is 0 Å². The molecule has 2 rings (SSSR count). The van der Waals surface area contributed by atoms with Gasteiger partial charge in [-0.15, -0.1) is 11.3 Å². The zero-order valence-electron chi connectivity index (χ0n) is 8.41. The molecule has 2 aromatic rings. The van der Waals surface area contributed by atoms with Crippen LogP contribution in [0.5, 0.6) is 0 Å². The van der Waals surface area contributed by atoms with Crippen LogP contribution >= 0.6 is 11.3 Å². The summed E-state index contributed by atoms with van der Waals surface area (Å²) in [4.78, 5) is 4.11. The van der Waals surface area contributed by atoms with E-state index in [4.69, 9.17) is 0 Å². The van der Waals surface area contributed by atoms with E-state index in [1.54, 1.807) is 17.5 Å². The van der Waals surface area contributed by atoms with E-state index in [1.165, 1.54) is 12.1 Å². The summed E-state index contributed by atoms with van der Waals surface area (Å²) >= 11 is 1.56. The minimum Gasteiger partial charge on any atom is -0.382 e. The average molecular weight is 240 g/mol. The second-order valence-corrected chi connectivity index (χ2v) is 4.21. The highest BCUT2D eigenvalue weighted by atomic mass is 32.1. The normalized spacial score (nSPS) is 10.4. The fourth-order valence-corrected chi connectivity index (χ4v) is 1.93. The lowest BCUT2D eigenvalue weighted by Gasteiger charge is -2.06. The molecule has 5 heteroatoms. The third-order valence-electron chi connectivity index (χ3n) is 2.07. The van der Waals surface area contributed by atoms with E-state index >= 15 is 0 Å². The Morgan fingerprint density at radius 3 is 2.88 bits per heavy atom. The molecule has 1 heterocycles. The molecule has 0 radical (unpaired) electrons. The van der Waals surface area contributed by atoms with E-state index in [-0.39, 0.29) is 0 Å². The summed E-state index contributed by atoms with van der Waals surface area (Å²) in [7, 11) is 0. The van der Waals surface area contributed by atoms with Crippen molar-refractivity contribution in [2.24, 2.45) is 0 Å². The third kappa shape index (κ3) is 2.76. The first-order chi connectivity index (χ1) is 7.75. The van der Waals surface area contributed by atoms with E-state index in [0.29, 0.717) is 12.2 Å². The van der Waals surface area contributed by atoms with Crippen LogP contribution in [0.3, 0.4) is 0 Å². The van der Waals surface area contributed by atoms with Crippen LogP contribution < -0.4 is 5.32 Å². The van der Waals surface area contributed by atoms with E-state index in [1.807, 2.05) is 5.38 Å². The van der Waals surface area contributed by atoms with Crippen LogP contribution in [0.1, 0.15) is 5.01 Å². The molecule has 0 aliphatic heterocycles. The Kier molecular flexibility index (Phi) is 3.46. The standard InChI is InChI=1S/C11H10F2N2S/c12-8-1-2-10(9(13)7-8)14-4-3-11-15-5-6-16-11/h1-2,5-7,14H,3-4H2. The summed E-state index contributed by atoms with van der Waals surface area (Å²) in [5, 5.41) is 5.80. The Balaban J connectivity index is 1.90. The predicted octanol–water partition coefficient (Wildman–Crippen LogP) is 3.08. The van der Waals surface area contributed by atoms with Gasteiger partial charge in [-0.25, -0.2) is 13.8 Å². The highest BCUT2D eigenvalue weighted by molar-refractivity contribution is 7.09. The number of rotatable bonds is 4. The molecule has 84 valence electrons. The molecule has 0 aliphatic carbocycles. The topological polar surface area (TPSA) is 24.9 Å². The molecular formula is C11H10F2N2S. The van der Waals surface area contributed by atoms with Gasteiger partial charge in [0, 0.05) is 30.6 Å². The Morgan fingerprint density at radius 2 is 2.19 bits per heavy atom. The first-order valence-electron chi connectivity index (χ1n) is 4.83. The van der Waals surface area contributed by atoms with Crippen LogP contribution in [0.25, 0.3) is 0 Å². The summed E-state index contributed by atoms with van der Waals surface area (Å²) in [6.45, 7) is 0.579. The summed E-state index contributed by atoms with van der Waals surface area (Å²) in [6, 6.07) is 3.49. The van der Waals surface area contributed by atoms with Gasteiger partial charge in [0.15, 0.2) is 0 Å². The van der Waals surface area contributed by atoms with E-state index < -0.39 is 11.6 Å². The molecule has 1 aromatic carbocycles. The van der Waals surface area contributed by atoms with Gasteiger partial charge in [0.25, 0.3) is 0 Å². The molecule has 0 unspecified atom stereocenters. The highest BCUT2D eigenvalue weighted by Crippen LogP contribution is 2.15. The van der Waals surface area contributed by atoms with Crippen molar-refractivity contribution in [1.82, 2.24) is 4.98 Å². The number of aromatic nitrogens is 1. The van der Waals surface area contributed by atoms with Gasteiger partial charge in [-0.05, 0) is 12.1 Å². The van der Waals surface area contributed by atoms with E-state index in [2.05, 4.69) is 10.3 Å². The molecule has 0 saturated carbocycles. The molecule has 1 N–H and O–H groups in total. The summed E-state index contributed by atoms with van der Waals surface area (Å²) in [5.41, 5.74) is 0.318. The van der Waals surface area contributed by atoms with Crippen molar-refractivity contribution >= 4 is 17.0 Å². The monoisotopic (exact) mass is 240 g/mol. The molecule has 0 aliphatic rings. The number of benzene rings is 1. The molecule has 0 saturated heterocycles. The minimum atomic E-state index is -0.570. The van der Waals surface area contributed by atoms with Crippen molar-refractivity contribution in [3.05, 3.63) is 46.4 Å². The fraction of sp³-hybridized carbons (Fsp3) is 0.182. The maximum absolute atomic E-state index is 13.2. The fourth-order valence-electron chi connectivity index (χ4n) is 1.31. The van der Waals surface area contributed by atoms with Crippen LogP contribution in [-0.2, 0) is 6.42 Å². The zero-order chi connectivity index (χ0) is 11.4. The van der Waals surface area contributed by atoms with E-state index in [9.17, 15) is 8.78 Å².